The number of nitrogens with two attached hydrogens (primary N) is 1. The number of hydrogen-bond donors (Lipinski definition) is 3. The van der Waals surface area contributed by atoms with Gasteiger partial charge in [-0.3, -0.25) is 14.9 Å². The van der Waals surface area contributed by atoms with Gasteiger partial charge in [0.2, 0.25) is 5.91 Å². The molecule has 1 aliphatic rings. The summed E-state index contributed by atoms with van der Waals surface area (Å²) in [6, 6.07) is 3.59. The van der Waals surface area contributed by atoms with E-state index in [-0.39, 0.29) is 34.9 Å². The van der Waals surface area contributed by atoms with Crippen molar-refractivity contribution in [3.8, 4) is 5.75 Å². The van der Waals surface area contributed by atoms with E-state index >= 15 is 0 Å². The van der Waals surface area contributed by atoms with Crippen LogP contribution in [0.5, 0.6) is 5.75 Å². The topological polar surface area (TPSA) is 118 Å². The molecule has 20 heavy (non-hydrogen) atoms. The number of benzene rings is 1. The van der Waals surface area contributed by atoms with E-state index in [2.05, 4.69) is 5.32 Å². The summed E-state index contributed by atoms with van der Waals surface area (Å²) in [4.78, 5) is 22.1. The third-order valence-electron chi connectivity index (χ3n) is 3.75. The maximum Gasteiger partial charge on any atom is 0.273 e. The molecule has 1 fully saturated rings. The second kappa shape index (κ2) is 5.87. The van der Waals surface area contributed by atoms with E-state index in [1.807, 2.05) is 0 Å². The zero-order chi connectivity index (χ0) is 14.7. The van der Waals surface area contributed by atoms with Crippen LogP contribution in [0.15, 0.2) is 18.2 Å². The van der Waals surface area contributed by atoms with Gasteiger partial charge in [-0.05, 0) is 31.4 Å². The molecule has 1 saturated carbocycles. The first-order valence-corrected chi connectivity index (χ1v) is 6.51. The number of nitro benzene ring substituents is 1. The predicted octanol–water partition coefficient (Wildman–Crippen LogP) is 1.61. The summed E-state index contributed by atoms with van der Waals surface area (Å²) < 4.78 is 0. The highest BCUT2D eigenvalue weighted by atomic mass is 16.6. The second-order valence-corrected chi connectivity index (χ2v) is 4.98. The fraction of sp³-hybridized carbons (Fsp3) is 0.462. The summed E-state index contributed by atoms with van der Waals surface area (Å²) >= 11 is 0. The molecule has 2 unspecified atom stereocenters. The average Bonchev–Trinajstić information content (AvgIpc) is 2.89. The van der Waals surface area contributed by atoms with Crippen LogP contribution in [0.1, 0.15) is 19.3 Å². The number of carbonyl (C=O) groups excluding carboxylic acids is 1. The molecule has 0 aromatic heterocycles. The minimum atomic E-state index is -0.604. The maximum atomic E-state index is 12.1. The lowest BCUT2D eigenvalue weighted by Crippen LogP contribution is -2.29. The molecule has 108 valence electrons. The molecule has 1 aliphatic carbocycles. The number of nitro groups is 1. The number of aromatic hydroxyl groups is 1. The van der Waals surface area contributed by atoms with Crippen LogP contribution < -0.4 is 11.1 Å². The van der Waals surface area contributed by atoms with Gasteiger partial charge in [0.05, 0.1) is 16.7 Å². The van der Waals surface area contributed by atoms with Crippen LogP contribution in [0.4, 0.5) is 11.4 Å². The maximum absolute atomic E-state index is 12.1. The normalized spacial score (nSPS) is 21.6. The molecular weight excluding hydrogens is 262 g/mol. The summed E-state index contributed by atoms with van der Waals surface area (Å²) in [7, 11) is 0. The lowest BCUT2D eigenvalue weighted by Gasteiger charge is -2.17. The Hall–Kier alpha value is -2.15. The van der Waals surface area contributed by atoms with Gasteiger partial charge in [-0.15, -0.1) is 0 Å². The molecule has 4 N–H and O–H groups in total. The quantitative estimate of drug-likeness (QED) is 0.439. The Balaban J connectivity index is 2.10. The van der Waals surface area contributed by atoms with Crippen molar-refractivity contribution in [2.24, 2.45) is 17.6 Å². The number of non-ortho nitro benzene ring substituents is 1. The van der Waals surface area contributed by atoms with Crippen LogP contribution in [0.2, 0.25) is 0 Å². The molecule has 1 amide bonds. The molecule has 0 heterocycles. The van der Waals surface area contributed by atoms with Crippen LogP contribution in [0.25, 0.3) is 0 Å². The Bertz CT molecular complexity index is 532. The SMILES string of the molecule is NCC1CCCC1C(=O)Nc1ccc([N+](=O)[O-])cc1O. The standard InChI is InChI=1S/C13H17N3O4/c14-7-8-2-1-3-10(8)13(18)15-11-5-4-9(16(19)20)6-12(11)17/h4-6,8,10,17H,1-3,7,14H2,(H,15,18). The monoisotopic (exact) mass is 279 g/mol. The highest BCUT2D eigenvalue weighted by molar-refractivity contribution is 5.94. The Kier molecular flexibility index (Phi) is 4.19. The number of phenols is 1. The van der Waals surface area contributed by atoms with Crippen molar-refractivity contribution in [2.45, 2.75) is 19.3 Å². The van der Waals surface area contributed by atoms with Gasteiger partial charge >= 0.3 is 0 Å². The molecule has 1 aromatic carbocycles. The van der Waals surface area contributed by atoms with Crippen molar-refractivity contribution < 1.29 is 14.8 Å². The van der Waals surface area contributed by atoms with Crippen LogP contribution in [-0.4, -0.2) is 22.5 Å². The van der Waals surface area contributed by atoms with Gasteiger partial charge in [0.1, 0.15) is 5.75 Å². The van der Waals surface area contributed by atoms with E-state index in [0.29, 0.717) is 6.54 Å². The number of rotatable bonds is 4. The third-order valence-corrected chi connectivity index (χ3v) is 3.75. The van der Waals surface area contributed by atoms with Crippen molar-refractivity contribution in [2.75, 3.05) is 11.9 Å². The van der Waals surface area contributed by atoms with Crippen LogP contribution in [-0.2, 0) is 4.79 Å². The van der Waals surface area contributed by atoms with Crippen LogP contribution in [0, 0.1) is 22.0 Å². The summed E-state index contributed by atoms with van der Waals surface area (Å²) in [5.41, 5.74) is 5.60. The minimum Gasteiger partial charge on any atom is -0.506 e. The number of phenolic OH excluding ortho intramolecular Hbond substituents is 1. The first kappa shape index (κ1) is 14.3. The van der Waals surface area contributed by atoms with Gasteiger partial charge in [0, 0.05) is 12.0 Å². The zero-order valence-corrected chi connectivity index (χ0v) is 10.9. The Morgan fingerprint density at radius 2 is 2.25 bits per heavy atom. The predicted molar refractivity (Wildman–Crippen MR) is 73.3 cm³/mol. The lowest BCUT2D eigenvalue weighted by atomic mass is 9.95. The van der Waals surface area contributed by atoms with Gasteiger partial charge in [-0.25, -0.2) is 0 Å². The average molecular weight is 279 g/mol. The van der Waals surface area contributed by atoms with Crippen molar-refractivity contribution in [3.05, 3.63) is 28.3 Å². The van der Waals surface area contributed by atoms with E-state index in [4.69, 9.17) is 5.73 Å². The van der Waals surface area contributed by atoms with Gasteiger partial charge in [-0.2, -0.15) is 0 Å². The van der Waals surface area contributed by atoms with Gasteiger partial charge in [-0.1, -0.05) is 6.42 Å². The Morgan fingerprint density at radius 1 is 1.50 bits per heavy atom. The van der Waals surface area contributed by atoms with E-state index in [1.165, 1.54) is 12.1 Å². The first-order chi connectivity index (χ1) is 9.52. The van der Waals surface area contributed by atoms with Crippen molar-refractivity contribution in [1.82, 2.24) is 0 Å². The van der Waals surface area contributed by atoms with E-state index in [1.54, 1.807) is 0 Å². The molecular formula is C13H17N3O4. The Morgan fingerprint density at radius 3 is 2.85 bits per heavy atom. The molecule has 0 bridgehead atoms. The zero-order valence-electron chi connectivity index (χ0n) is 10.9. The van der Waals surface area contributed by atoms with Crippen LogP contribution >= 0.6 is 0 Å². The number of carbonyl (C=O) groups is 1. The lowest BCUT2D eigenvalue weighted by molar-refractivity contribution is -0.384. The molecule has 0 aliphatic heterocycles. The van der Waals surface area contributed by atoms with Gasteiger partial charge in [0.25, 0.3) is 5.69 Å². The van der Waals surface area contributed by atoms with Crippen molar-refractivity contribution >= 4 is 17.3 Å². The molecule has 2 rings (SSSR count). The Labute approximate surface area is 115 Å². The van der Waals surface area contributed by atoms with Gasteiger partial charge < -0.3 is 16.2 Å². The molecule has 7 heteroatoms. The number of hydrogen-bond acceptors (Lipinski definition) is 5. The molecule has 2 atom stereocenters. The van der Waals surface area contributed by atoms with E-state index in [9.17, 15) is 20.0 Å². The fourth-order valence-electron chi connectivity index (χ4n) is 2.63. The molecule has 0 spiro atoms. The third kappa shape index (κ3) is 2.88. The largest absolute Gasteiger partial charge is 0.506 e. The van der Waals surface area contributed by atoms with Crippen molar-refractivity contribution in [3.63, 3.8) is 0 Å². The second-order valence-electron chi connectivity index (χ2n) is 4.98. The van der Waals surface area contributed by atoms with Crippen LogP contribution in [0.3, 0.4) is 0 Å². The molecule has 0 radical (unpaired) electrons. The van der Waals surface area contributed by atoms with Gasteiger partial charge in [0.15, 0.2) is 0 Å². The van der Waals surface area contributed by atoms with E-state index < -0.39 is 4.92 Å². The smallest absolute Gasteiger partial charge is 0.273 e. The highest BCUT2D eigenvalue weighted by Gasteiger charge is 2.32. The number of nitrogens with one attached hydrogen (secondary N) is 1. The summed E-state index contributed by atoms with van der Waals surface area (Å²) in [5.74, 6) is -0.498. The molecule has 0 saturated heterocycles. The van der Waals surface area contributed by atoms with E-state index in [0.717, 1.165) is 25.3 Å². The summed E-state index contributed by atoms with van der Waals surface area (Å²) in [6.07, 6.45) is 2.68. The summed E-state index contributed by atoms with van der Waals surface area (Å²) in [5, 5.41) is 22.9. The molecule has 1 aromatic rings. The highest BCUT2D eigenvalue weighted by Crippen LogP contribution is 2.33. The van der Waals surface area contributed by atoms with Crippen molar-refractivity contribution in [1.29, 1.82) is 0 Å². The summed E-state index contributed by atoms with van der Waals surface area (Å²) in [6.45, 7) is 0.463. The fourth-order valence-corrected chi connectivity index (χ4v) is 2.63. The number of amides is 1. The first-order valence-electron chi connectivity index (χ1n) is 6.51. The number of nitrogens with zero attached hydrogens (tertiary/aromatic N) is 1. The number of anilines is 1. The minimum absolute atomic E-state index is 0.158. The molecule has 7 nitrogen and oxygen atoms in total.